The maximum Gasteiger partial charge on any atom is 0.330 e. The molecular formula is C10H18N3O2+. The second-order valence-corrected chi connectivity index (χ2v) is 3.36. The molecule has 0 aliphatic heterocycles. The summed E-state index contributed by atoms with van der Waals surface area (Å²) in [5.74, 6) is -0.842. The van der Waals surface area contributed by atoms with Gasteiger partial charge >= 0.3 is 5.97 Å². The lowest BCUT2D eigenvalue weighted by Gasteiger charge is -1.96. The molecule has 0 aromatic heterocycles. The van der Waals surface area contributed by atoms with Crippen LogP contribution < -0.4 is 4.91 Å². The Morgan fingerprint density at radius 1 is 1.40 bits per heavy atom. The van der Waals surface area contributed by atoms with Crippen molar-refractivity contribution < 1.29 is 9.90 Å². The lowest BCUT2D eigenvalue weighted by atomic mass is 10.1. The zero-order valence-corrected chi connectivity index (χ0v) is 9.07. The molecule has 0 amide bonds. The Bertz CT molecular complexity index is 268. The van der Waals surface area contributed by atoms with Crippen molar-refractivity contribution in [3.05, 3.63) is 11.6 Å². The second-order valence-electron chi connectivity index (χ2n) is 3.36. The van der Waals surface area contributed by atoms with Crippen LogP contribution in [0.1, 0.15) is 39.0 Å². The Morgan fingerprint density at radius 2 is 2.07 bits per heavy atom. The zero-order valence-electron chi connectivity index (χ0n) is 9.07. The molecular weight excluding hydrogens is 194 g/mol. The molecule has 0 aromatic carbocycles. The quantitative estimate of drug-likeness (QED) is 0.280. The number of unbranched alkanes of at least 4 members (excludes halogenated alkanes) is 4. The molecule has 0 bridgehead atoms. The average molecular weight is 212 g/mol. The van der Waals surface area contributed by atoms with Crippen LogP contribution in [0.3, 0.4) is 0 Å². The first-order chi connectivity index (χ1) is 7.18. The second kappa shape index (κ2) is 9.09. The molecule has 0 atom stereocenters. The number of carboxylic acids is 1. The molecule has 0 rings (SSSR count). The normalized spacial score (nSPS) is 10.9. The van der Waals surface area contributed by atoms with Gasteiger partial charge in [-0.2, -0.15) is 0 Å². The van der Waals surface area contributed by atoms with Crippen molar-refractivity contribution in [1.82, 2.24) is 4.91 Å². The molecule has 0 fully saturated rings. The van der Waals surface area contributed by atoms with E-state index in [-0.39, 0.29) is 0 Å². The summed E-state index contributed by atoms with van der Waals surface area (Å²) in [7, 11) is 0. The summed E-state index contributed by atoms with van der Waals surface area (Å²) in [5.41, 5.74) is 6.85. The molecule has 2 N–H and O–H groups in total. The third kappa shape index (κ3) is 8.84. The van der Waals surface area contributed by atoms with E-state index < -0.39 is 5.97 Å². The molecule has 0 unspecified atom stereocenters. The number of aliphatic carboxylic acids is 1. The minimum absolute atomic E-state index is 0.415. The van der Waals surface area contributed by atoms with Gasteiger partial charge < -0.3 is 5.11 Å². The molecule has 5 nitrogen and oxygen atoms in total. The first kappa shape index (κ1) is 13.5. The molecule has 84 valence electrons. The van der Waals surface area contributed by atoms with E-state index in [1.54, 1.807) is 13.0 Å². The number of nitrogens with one attached hydrogen (secondary N) is 1. The molecule has 5 heteroatoms. The van der Waals surface area contributed by atoms with Crippen LogP contribution in [0.5, 0.6) is 0 Å². The highest BCUT2D eigenvalue weighted by atomic mass is 16.4. The van der Waals surface area contributed by atoms with Gasteiger partial charge in [0.25, 0.3) is 0 Å². The van der Waals surface area contributed by atoms with Crippen LogP contribution in [0.2, 0.25) is 0 Å². The van der Waals surface area contributed by atoms with Crippen molar-refractivity contribution in [2.45, 2.75) is 39.0 Å². The molecule has 0 saturated heterocycles. The van der Waals surface area contributed by atoms with Crippen molar-refractivity contribution in [3.8, 4) is 0 Å². The maximum atomic E-state index is 10.4. The van der Waals surface area contributed by atoms with E-state index in [9.17, 15) is 4.79 Å². The van der Waals surface area contributed by atoms with Crippen LogP contribution in [0.4, 0.5) is 0 Å². The lowest BCUT2D eigenvalue weighted by Crippen LogP contribution is -1.95. The molecule has 0 saturated carbocycles. The fourth-order valence-electron chi connectivity index (χ4n) is 1.14. The Hall–Kier alpha value is -1.48. The Labute approximate surface area is 89.4 Å². The van der Waals surface area contributed by atoms with Crippen LogP contribution in [0, 0.1) is 5.53 Å². The summed E-state index contributed by atoms with van der Waals surface area (Å²) < 4.78 is 0. The van der Waals surface area contributed by atoms with Gasteiger partial charge in [-0.3, -0.25) is 0 Å². The van der Waals surface area contributed by atoms with Gasteiger partial charge in [0.1, 0.15) is 17.2 Å². The number of carboxylic acid groups (broad SMARTS) is 1. The average Bonchev–Trinajstić information content (AvgIpc) is 2.21. The van der Waals surface area contributed by atoms with E-state index in [4.69, 9.17) is 10.6 Å². The third-order valence-electron chi connectivity index (χ3n) is 2.07. The summed E-state index contributed by atoms with van der Waals surface area (Å²) in [4.78, 5) is 13.3. The first-order valence-corrected chi connectivity index (χ1v) is 5.11. The van der Waals surface area contributed by atoms with Gasteiger partial charge in [0, 0.05) is 5.57 Å². The minimum Gasteiger partial charge on any atom is -0.478 e. The van der Waals surface area contributed by atoms with E-state index in [2.05, 4.69) is 10.0 Å². The zero-order chi connectivity index (χ0) is 11.5. The maximum absolute atomic E-state index is 10.4. The Kier molecular flexibility index (Phi) is 8.19. The van der Waals surface area contributed by atoms with Crippen LogP contribution in [-0.2, 0) is 4.79 Å². The van der Waals surface area contributed by atoms with Gasteiger partial charge in [-0.1, -0.05) is 18.9 Å². The number of carbonyl (C=O) groups is 1. The van der Waals surface area contributed by atoms with Gasteiger partial charge in [0.2, 0.25) is 4.91 Å². The van der Waals surface area contributed by atoms with E-state index in [0.717, 1.165) is 32.1 Å². The van der Waals surface area contributed by atoms with Gasteiger partial charge in [0.15, 0.2) is 0 Å². The molecule has 0 spiro atoms. The van der Waals surface area contributed by atoms with Crippen LogP contribution in [0.25, 0.3) is 0 Å². The third-order valence-corrected chi connectivity index (χ3v) is 2.07. The van der Waals surface area contributed by atoms with Crippen LogP contribution in [0.15, 0.2) is 16.8 Å². The van der Waals surface area contributed by atoms with Crippen molar-refractivity contribution in [2.75, 3.05) is 6.54 Å². The molecule has 0 aromatic rings. The molecule has 0 heterocycles. The van der Waals surface area contributed by atoms with Gasteiger partial charge in [-0.05, 0) is 26.2 Å². The SMILES string of the molecule is CC(=CCCCCCCN=[N+]=N)C(=O)O. The van der Waals surface area contributed by atoms with Crippen molar-refractivity contribution in [1.29, 1.82) is 5.53 Å². The summed E-state index contributed by atoms with van der Waals surface area (Å²) in [5, 5.41) is 12.1. The van der Waals surface area contributed by atoms with Crippen molar-refractivity contribution in [3.63, 3.8) is 0 Å². The smallest absolute Gasteiger partial charge is 0.330 e. The highest BCUT2D eigenvalue weighted by molar-refractivity contribution is 5.85. The topological polar surface area (TPSA) is 87.6 Å². The summed E-state index contributed by atoms with van der Waals surface area (Å²) in [6.07, 6.45) is 6.65. The van der Waals surface area contributed by atoms with E-state index >= 15 is 0 Å². The fraction of sp³-hybridized carbons (Fsp3) is 0.700. The monoisotopic (exact) mass is 212 g/mol. The minimum atomic E-state index is -0.842. The lowest BCUT2D eigenvalue weighted by molar-refractivity contribution is -0.132. The standard InChI is InChI=1S/C10H17N3O2/c1-9(10(14)15)7-5-3-2-4-6-8-12-13-11/h7,11H,2-6,8H2,1H3/p+1. The number of hydrogen-bond donors (Lipinski definition) is 2. The highest BCUT2D eigenvalue weighted by Crippen LogP contribution is 2.05. The van der Waals surface area contributed by atoms with Crippen molar-refractivity contribution >= 4 is 5.97 Å². The van der Waals surface area contributed by atoms with Crippen LogP contribution >= 0.6 is 0 Å². The number of nitrogens with zero attached hydrogens (tertiary/aromatic N) is 2. The summed E-state index contributed by atoms with van der Waals surface area (Å²) >= 11 is 0. The predicted octanol–water partition coefficient (Wildman–Crippen LogP) is 2.52. The van der Waals surface area contributed by atoms with E-state index in [1.807, 2.05) is 0 Å². The van der Waals surface area contributed by atoms with Gasteiger partial charge in [-0.25, -0.2) is 4.79 Å². The highest BCUT2D eigenvalue weighted by Gasteiger charge is 1.97. The van der Waals surface area contributed by atoms with Crippen LogP contribution in [-0.4, -0.2) is 17.6 Å². The predicted molar refractivity (Wildman–Crippen MR) is 56.6 cm³/mol. The number of hydrogen-bond acceptors (Lipinski definition) is 3. The molecule has 15 heavy (non-hydrogen) atoms. The Balaban J connectivity index is 3.35. The largest absolute Gasteiger partial charge is 0.478 e. The Morgan fingerprint density at radius 3 is 2.67 bits per heavy atom. The van der Waals surface area contributed by atoms with Crippen molar-refractivity contribution in [2.24, 2.45) is 5.11 Å². The van der Waals surface area contributed by atoms with E-state index in [1.165, 1.54) is 0 Å². The molecule has 0 radical (unpaired) electrons. The molecule has 0 aliphatic carbocycles. The first-order valence-electron chi connectivity index (χ1n) is 5.11. The molecule has 0 aliphatic rings. The summed E-state index contributed by atoms with van der Waals surface area (Å²) in [6.45, 7) is 2.23. The number of rotatable bonds is 8. The fourth-order valence-corrected chi connectivity index (χ4v) is 1.14. The van der Waals surface area contributed by atoms with Gasteiger partial charge in [-0.15, -0.1) is 0 Å². The van der Waals surface area contributed by atoms with E-state index in [0.29, 0.717) is 12.1 Å². The number of allylic oxidation sites excluding steroid dienone is 1. The summed E-state index contributed by atoms with van der Waals surface area (Å²) in [6, 6.07) is 0. The van der Waals surface area contributed by atoms with Gasteiger partial charge in [0.05, 0.1) is 0 Å².